The van der Waals surface area contributed by atoms with Crippen molar-refractivity contribution in [3.8, 4) is 10.8 Å². The number of hydrogen-bond acceptors (Lipinski definition) is 6. The Labute approximate surface area is 129 Å². The van der Waals surface area contributed by atoms with Crippen LogP contribution in [0.5, 0.6) is 0 Å². The Morgan fingerprint density at radius 2 is 2.24 bits per heavy atom. The molecule has 2 aromatic heterocycles. The summed E-state index contributed by atoms with van der Waals surface area (Å²) in [5, 5.41) is 9.72. The van der Waals surface area contributed by atoms with E-state index in [0.717, 1.165) is 49.7 Å². The van der Waals surface area contributed by atoms with E-state index in [1.807, 2.05) is 0 Å². The predicted molar refractivity (Wildman–Crippen MR) is 84.4 cm³/mol. The number of aromatic nitrogens is 2. The predicted octanol–water partition coefficient (Wildman–Crippen LogP) is 2.85. The van der Waals surface area contributed by atoms with Gasteiger partial charge in [-0.25, -0.2) is 0 Å². The minimum absolute atomic E-state index is 0.273. The van der Waals surface area contributed by atoms with Crippen molar-refractivity contribution in [2.45, 2.75) is 32.7 Å². The lowest BCUT2D eigenvalue weighted by Crippen LogP contribution is -2.45. The molecule has 0 saturated carbocycles. The monoisotopic (exact) mass is 306 g/mol. The minimum atomic E-state index is 0.273. The van der Waals surface area contributed by atoms with Gasteiger partial charge in [0.2, 0.25) is 0 Å². The summed E-state index contributed by atoms with van der Waals surface area (Å²) in [5.74, 6) is 1.50. The van der Waals surface area contributed by atoms with Crippen molar-refractivity contribution in [1.29, 1.82) is 0 Å². The van der Waals surface area contributed by atoms with Crippen molar-refractivity contribution in [2.75, 3.05) is 26.2 Å². The molecule has 1 atom stereocenters. The third kappa shape index (κ3) is 3.17. The van der Waals surface area contributed by atoms with Gasteiger partial charge in [0.25, 0.3) is 5.89 Å². The SMILES string of the molecule is CCCC(c1noc(-c2sccc2C)n1)N1CCNCC1. The number of aryl methyl sites for hydroxylation is 1. The first-order valence-corrected chi connectivity index (χ1v) is 8.50. The van der Waals surface area contributed by atoms with Gasteiger partial charge in [-0.15, -0.1) is 11.3 Å². The second-order valence-electron chi connectivity index (χ2n) is 5.48. The van der Waals surface area contributed by atoms with Gasteiger partial charge in [0.15, 0.2) is 5.82 Å². The zero-order valence-electron chi connectivity index (χ0n) is 12.6. The van der Waals surface area contributed by atoms with E-state index in [9.17, 15) is 0 Å². The fraction of sp³-hybridized carbons (Fsp3) is 0.600. The largest absolute Gasteiger partial charge is 0.333 e. The van der Waals surface area contributed by atoms with Crippen LogP contribution in [0.1, 0.15) is 37.2 Å². The topological polar surface area (TPSA) is 54.2 Å². The van der Waals surface area contributed by atoms with E-state index in [4.69, 9.17) is 4.52 Å². The van der Waals surface area contributed by atoms with Gasteiger partial charge in [0.1, 0.15) is 0 Å². The number of hydrogen-bond donors (Lipinski definition) is 1. The van der Waals surface area contributed by atoms with Crippen LogP contribution in [0.4, 0.5) is 0 Å². The summed E-state index contributed by atoms with van der Waals surface area (Å²) in [4.78, 5) is 8.23. The van der Waals surface area contributed by atoms with Crippen molar-refractivity contribution in [3.63, 3.8) is 0 Å². The Hall–Kier alpha value is -1.24. The number of piperazine rings is 1. The first-order chi connectivity index (χ1) is 10.3. The molecule has 0 radical (unpaired) electrons. The Kier molecular flexibility index (Phi) is 4.67. The normalized spacial score (nSPS) is 18.0. The van der Waals surface area contributed by atoms with E-state index in [2.05, 4.69) is 45.7 Å². The summed E-state index contributed by atoms with van der Waals surface area (Å²) in [6, 6.07) is 2.36. The van der Waals surface area contributed by atoms with Crippen LogP contribution in [-0.2, 0) is 0 Å². The first-order valence-electron chi connectivity index (χ1n) is 7.62. The number of thiophene rings is 1. The fourth-order valence-corrected chi connectivity index (χ4v) is 3.64. The van der Waals surface area contributed by atoms with Gasteiger partial charge in [0, 0.05) is 26.2 Å². The second kappa shape index (κ2) is 6.68. The van der Waals surface area contributed by atoms with Gasteiger partial charge >= 0.3 is 0 Å². The average Bonchev–Trinajstić information content (AvgIpc) is 3.14. The summed E-state index contributed by atoms with van der Waals surface area (Å²) in [6.07, 6.45) is 2.19. The zero-order valence-corrected chi connectivity index (χ0v) is 13.4. The lowest BCUT2D eigenvalue weighted by molar-refractivity contribution is 0.155. The molecule has 21 heavy (non-hydrogen) atoms. The van der Waals surface area contributed by atoms with Gasteiger partial charge in [-0.2, -0.15) is 4.98 Å². The van der Waals surface area contributed by atoms with E-state index < -0.39 is 0 Å². The summed E-state index contributed by atoms with van der Waals surface area (Å²) in [5.41, 5.74) is 1.20. The van der Waals surface area contributed by atoms with Gasteiger partial charge < -0.3 is 9.84 Å². The van der Waals surface area contributed by atoms with E-state index in [1.54, 1.807) is 11.3 Å². The molecule has 3 rings (SSSR count). The van der Waals surface area contributed by atoms with Gasteiger partial charge in [-0.1, -0.05) is 18.5 Å². The molecule has 1 aliphatic heterocycles. The van der Waals surface area contributed by atoms with E-state index in [1.165, 1.54) is 5.56 Å². The molecule has 2 aromatic rings. The zero-order chi connectivity index (χ0) is 14.7. The van der Waals surface area contributed by atoms with E-state index >= 15 is 0 Å². The smallest absolute Gasteiger partial charge is 0.268 e. The van der Waals surface area contributed by atoms with Crippen molar-refractivity contribution in [3.05, 3.63) is 22.8 Å². The highest BCUT2D eigenvalue weighted by Gasteiger charge is 2.26. The Morgan fingerprint density at radius 1 is 1.43 bits per heavy atom. The molecule has 0 amide bonds. The van der Waals surface area contributed by atoms with Gasteiger partial charge in [-0.05, 0) is 30.4 Å². The summed E-state index contributed by atoms with van der Waals surface area (Å²) in [6.45, 7) is 8.46. The maximum absolute atomic E-state index is 5.51. The van der Waals surface area contributed by atoms with Gasteiger partial charge in [0.05, 0.1) is 10.9 Å². The van der Waals surface area contributed by atoms with Crippen LogP contribution in [0.3, 0.4) is 0 Å². The van der Waals surface area contributed by atoms with Crippen LogP contribution in [0.15, 0.2) is 16.0 Å². The number of nitrogens with zero attached hydrogens (tertiary/aromatic N) is 3. The molecule has 1 fully saturated rings. The average molecular weight is 306 g/mol. The Bertz CT molecular complexity index is 574. The van der Waals surface area contributed by atoms with Crippen LogP contribution < -0.4 is 5.32 Å². The van der Waals surface area contributed by atoms with Crippen LogP contribution in [-0.4, -0.2) is 41.2 Å². The van der Waals surface area contributed by atoms with Crippen molar-refractivity contribution < 1.29 is 4.52 Å². The quantitative estimate of drug-likeness (QED) is 0.920. The lowest BCUT2D eigenvalue weighted by atomic mass is 10.1. The molecule has 6 heteroatoms. The summed E-state index contributed by atoms with van der Waals surface area (Å²) < 4.78 is 5.51. The molecular weight excluding hydrogens is 284 g/mol. The molecule has 0 spiro atoms. The molecule has 3 heterocycles. The molecule has 1 saturated heterocycles. The molecule has 1 N–H and O–H groups in total. The molecule has 1 unspecified atom stereocenters. The number of rotatable bonds is 5. The Balaban J connectivity index is 1.83. The van der Waals surface area contributed by atoms with E-state index in [-0.39, 0.29) is 6.04 Å². The van der Waals surface area contributed by atoms with Crippen LogP contribution in [0, 0.1) is 6.92 Å². The molecule has 114 valence electrons. The molecule has 0 bridgehead atoms. The van der Waals surface area contributed by atoms with Crippen LogP contribution in [0.25, 0.3) is 10.8 Å². The van der Waals surface area contributed by atoms with Crippen LogP contribution >= 0.6 is 11.3 Å². The van der Waals surface area contributed by atoms with Crippen molar-refractivity contribution in [2.24, 2.45) is 0 Å². The molecular formula is C15H22N4OS. The first kappa shape index (κ1) is 14.7. The van der Waals surface area contributed by atoms with Crippen LogP contribution in [0.2, 0.25) is 0 Å². The summed E-state index contributed by atoms with van der Waals surface area (Å²) in [7, 11) is 0. The van der Waals surface area contributed by atoms with Gasteiger partial charge in [-0.3, -0.25) is 4.90 Å². The number of nitrogens with one attached hydrogen (secondary N) is 1. The summed E-state index contributed by atoms with van der Waals surface area (Å²) >= 11 is 1.66. The maximum Gasteiger partial charge on any atom is 0.268 e. The second-order valence-corrected chi connectivity index (χ2v) is 6.40. The van der Waals surface area contributed by atoms with E-state index in [0.29, 0.717) is 5.89 Å². The Morgan fingerprint density at radius 3 is 2.90 bits per heavy atom. The minimum Gasteiger partial charge on any atom is -0.333 e. The molecule has 1 aliphatic rings. The maximum atomic E-state index is 5.51. The van der Waals surface area contributed by atoms with Crippen molar-refractivity contribution in [1.82, 2.24) is 20.4 Å². The molecule has 5 nitrogen and oxygen atoms in total. The van der Waals surface area contributed by atoms with Crippen molar-refractivity contribution >= 4 is 11.3 Å². The third-order valence-electron chi connectivity index (χ3n) is 3.95. The highest BCUT2D eigenvalue weighted by Crippen LogP contribution is 2.30. The highest BCUT2D eigenvalue weighted by molar-refractivity contribution is 7.13. The highest BCUT2D eigenvalue weighted by atomic mass is 32.1. The molecule has 0 aromatic carbocycles. The lowest BCUT2D eigenvalue weighted by Gasteiger charge is -2.33. The molecule has 0 aliphatic carbocycles. The fourth-order valence-electron chi connectivity index (χ4n) is 2.80. The standard InChI is InChI=1S/C15H22N4OS/c1-3-4-12(19-8-6-16-7-9-19)14-17-15(20-18-14)13-11(2)5-10-21-13/h5,10,12,16H,3-4,6-9H2,1-2H3. The third-order valence-corrected chi connectivity index (χ3v) is 4.96.